The molecule has 0 radical (unpaired) electrons. The topological polar surface area (TPSA) is 34.1 Å². The van der Waals surface area contributed by atoms with Gasteiger partial charge in [-0.25, -0.2) is 4.98 Å². The van der Waals surface area contributed by atoms with E-state index in [0.717, 1.165) is 35.2 Å². The van der Waals surface area contributed by atoms with Gasteiger partial charge in [0.2, 0.25) is 5.88 Å². The highest BCUT2D eigenvalue weighted by Gasteiger charge is 2.03. The van der Waals surface area contributed by atoms with Gasteiger partial charge in [0.05, 0.1) is 5.52 Å². The second kappa shape index (κ2) is 7.35. The number of ether oxygens (including phenoxy) is 1. The van der Waals surface area contributed by atoms with E-state index in [1.807, 2.05) is 30.3 Å². The third-order valence-electron chi connectivity index (χ3n) is 4.24. The Balaban J connectivity index is 1.74. The fraction of sp³-hybridized carbons (Fsp3) is 0.286. The Morgan fingerprint density at radius 3 is 2.50 bits per heavy atom. The molecule has 0 aliphatic carbocycles. The van der Waals surface area contributed by atoms with E-state index in [1.165, 1.54) is 5.56 Å². The van der Waals surface area contributed by atoms with Crippen LogP contribution in [0.15, 0.2) is 54.6 Å². The summed E-state index contributed by atoms with van der Waals surface area (Å²) in [5.41, 5.74) is 3.39. The van der Waals surface area contributed by atoms with E-state index >= 15 is 0 Å². The molecule has 0 aliphatic heterocycles. The molecule has 124 valence electrons. The molecule has 2 aromatic carbocycles. The molecule has 0 fully saturated rings. The number of fused-ring (bicyclic) bond motifs is 1. The minimum absolute atomic E-state index is 0.465. The smallest absolute Gasteiger partial charge is 0.219 e. The minimum atomic E-state index is 0.465. The third-order valence-corrected chi connectivity index (χ3v) is 4.24. The van der Waals surface area contributed by atoms with Crippen molar-refractivity contribution in [1.29, 1.82) is 0 Å². The van der Waals surface area contributed by atoms with Crippen LogP contribution in [-0.2, 0) is 6.42 Å². The molecule has 0 saturated heterocycles. The number of aromatic nitrogens is 1. The molecule has 1 unspecified atom stereocenters. The fourth-order valence-electron chi connectivity index (χ4n) is 2.56. The predicted octanol–water partition coefficient (Wildman–Crippen LogP) is 5.80. The quantitative estimate of drug-likeness (QED) is 0.623. The molecule has 0 bridgehead atoms. The Kier molecular flexibility index (Phi) is 4.99. The number of pyridine rings is 1. The number of anilines is 1. The number of nitrogens with one attached hydrogen (secondary N) is 1. The molecule has 3 heteroatoms. The summed E-state index contributed by atoms with van der Waals surface area (Å²) >= 11 is 0. The van der Waals surface area contributed by atoms with Gasteiger partial charge in [0.15, 0.2) is 0 Å². The van der Waals surface area contributed by atoms with Crippen LogP contribution in [0.5, 0.6) is 11.6 Å². The first-order chi connectivity index (χ1) is 11.7. The maximum absolute atomic E-state index is 5.89. The molecule has 0 spiro atoms. The van der Waals surface area contributed by atoms with Crippen LogP contribution < -0.4 is 10.1 Å². The van der Waals surface area contributed by atoms with Gasteiger partial charge in [-0.15, -0.1) is 0 Å². The van der Waals surface area contributed by atoms with Gasteiger partial charge in [-0.1, -0.05) is 19.9 Å². The van der Waals surface area contributed by atoms with Gasteiger partial charge in [-0.05, 0) is 67.8 Å². The number of hydrogen-bond acceptors (Lipinski definition) is 3. The van der Waals surface area contributed by atoms with Crippen molar-refractivity contribution in [2.24, 2.45) is 0 Å². The van der Waals surface area contributed by atoms with Crippen LogP contribution >= 0.6 is 0 Å². The summed E-state index contributed by atoms with van der Waals surface area (Å²) in [4.78, 5) is 4.59. The van der Waals surface area contributed by atoms with E-state index in [9.17, 15) is 0 Å². The van der Waals surface area contributed by atoms with Crippen LogP contribution in [-0.4, -0.2) is 11.0 Å². The number of hydrogen-bond donors (Lipinski definition) is 1. The summed E-state index contributed by atoms with van der Waals surface area (Å²) < 4.78 is 5.89. The van der Waals surface area contributed by atoms with Gasteiger partial charge >= 0.3 is 0 Å². The largest absolute Gasteiger partial charge is 0.439 e. The van der Waals surface area contributed by atoms with Crippen LogP contribution in [0.25, 0.3) is 10.9 Å². The Hall–Kier alpha value is -2.55. The van der Waals surface area contributed by atoms with E-state index < -0.39 is 0 Å². The Morgan fingerprint density at radius 1 is 1.00 bits per heavy atom. The average molecular weight is 320 g/mol. The first-order valence-corrected chi connectivity index (χ1v) is 8.62. The molecule has 1 aromatic heterocycles. The number of aryl methyl sites for hydroxylation is 1. The van der Waals surface area contributed by atoms with Crippen molar-refractivity contribution in [1.82, 2.24) is 4.98 Å². The molecule has 1 heterocycles. The lowest BCUT2D eigenvalue weighted by Gasteiger charge is -2.13. The summed E-state index contributed by atoms with van der Waals surface area (Å²) in [6.07, 6.45) is 2.13. The summed E-state index contributed by atoms with van der Waals surface area (Å²) in [5, 5.41) is 4.59. The van der Waals surface area contributed by atoms with Gasteiger partial charge in [-0.3, -0.25) is 0 Å². The fourth-order valence-corrected chi connectivity index (χ4v) is 2.56. The van der Waals surface area contributed by atoms with E-state index in [1.54, 1.807) is 0 Å². The molecular formula is C21H24N2O. The van der Waals surface area contributed by atoms with Gasteiger partial charge in [0, 0.05) is 23.2 Å². The van der Waals surface area contributed by atoms with Crippen molar-refractivity contribution < 1.29 is 4.74 Å². The lowest BCUT2D eigenvalue weighted by Crippen LogP contribution is -2.12. The predicted molar refractivity (Wildman–Crippen MR) is 101 cm³/mol. The zero-order chi connectivity index (χ0) is 16.9. The summed E-state index contributed by atoms with van der Waals surface area (Å²) in [6, 6.07) is 18.8. The zero-order valence-electron chi connectivity index (χ0n) is 14.5. The van der Waals surface area contributed by atoms with Crippen molar-refractivity contribution in [3.63, 3.8) is 0 Å². The van der Waals surface area contributed by atoms with Crippen molar-refractivity contribution >= 4 is 16.6 Å². The van der Waals surface area contributed by atoms with E-state index in [-0.39, 0.29) is 0 Å². The average Bonchev–Trinajstić information content (AvgIpc) is 2.62. The van der Waals surface area contributed by atoms with Crippen LogP contribution in [0.3, 0.4) is 0 Å². The molecule has 0 aliphatic rings. The number of benzene rings is 2. The molecule has 24 heavy (non-hydrogen) atoms. The highest BCUT2D eigenvalue weighted by atomic mass is 16.5. The summed E-state index contributed by atoms with van der Waals surface area (Å²) in [5.74, 6) is 1.41. The zero-order valence-corrected chi connectivity index (χ0v) is 14.5. The highest BCUT2D eigenvalue weighted by molar-refractivity contribution is 5.79. The molecule has 3 nitrogen and oxygen atoms in total. The molecular weight excluding hydrogens is 296 g/mol. The molecule has 1 atom stereocenters. The maximum atomic E-state index is 5.89. The second-order valence-electron chi connectivity index (χ2n) is 6.11. The van der Waals surface area contributed by atoms with Crippen molar-refractivity contribution in [3.8, 4) is 11.6 Å². The van der Waals surface area contributed by atoms with E-state index in [0.29, 0.717) is 11.9 Å². The lowest BCUT2D eigenvalue weighted by molar-refractivity contribution is 0.465. The monoisotopic (exact) mass is 320 g/mol. The lowest BCUT2D eigenvalue weighted by atomic mass is 10.1. The van der Waals surface area contributed by atoms with Crippen molar-refractivity contribution in [2.45, 2.75) is 39.7 Å². The highest BCUT2D eigenvalue weighted by Crippen LogP contribution is 2.24. The molecule has 0 amide bonds. The molecule has 1 N–H and O–H groups in total. The van der Waals surface area contributed by atoms with Crippen LogP contribution in [0.1, 0.15) is 32.8 Å². The summed E-state index contributed by atoms with van der Waals surface area (Å²) in [6.45, 7) is 6.50. The maximum Gasteiger partial charge on any atom is 0.219 e. The normalized spacial score (nSPS) is 12.1. The van der Waals surface area contributed by atoms with Crippen molar-refractivity contribution in [2.75, 3.05) is 5.32 Å². The second-order valence-corrected chi connectivity index (χ2v) is 6.11. The minimum Gasteiger partial charge on any atom is -0.439 e. The SMILES string of the molecule is CCc1ccc2nc(Oc3ccc(NC(C)CC)cc3)ccc2c1. The molecule has 3 aromatic rings. The Morgan fingerprint density at radius 2 is 1.79 bits per heavy atom. The number of rotatable bonds is 6. The van der Waals surface area contributed by atoms with Crippen LogP contribution in [0.2, 0.25) is 0 Å². The van der Waals surface area contributed by atoms with Gasteiger partial charge in [-0.2, -0.15) is 0 Å². The molecule has 3 rings (SSSR count). The standard InChI is InChI=1S/C21H24N2O/c1-4-15(3)22-18-8-10-19(11-9-18)24-21-13-7-17-14-16(5-2)6-12-20(17)23-21/h6-15,22H,4-5H2,1-3H3. The van der Waals surface area contributed by atoms with Crippen LogP contribution in [0, 0.1) is 0 Å². The van der Waals surface area contributed by atoms with Gasteiger partial charge in [0.1, 0.15) is 5.75 Å². The van der Waals surface area contributed by atoms with Crippen LogP contribution in [0.4, 0.5) is 5.69 Å². The van der Waals surface area contributed by atoms with Gasteiger partial charge in [0.25, 0.3) is 0 Å². The third kappa shape index (κ3) is 3.85. The molecule has 0 saturated carbocycles. The van der Waals surface area contributed by atoms with Gasteiger partial charge < -0.3 is 10.1 Å². The van der Waals surface area contributed by atoms with Crippen molar-refractivity contribution in [3.05, 3.63) is 60.2 Å². The first-order valence-electron chi connectivity index (χ1n) is 8.62. The Labute approximate surface area is 143 Å². The number of nitrogens with zero attached hydrogens (tertiary/aromatic N) is 1. The Bertz CT molecular complexity index is 812. The summed E-state index contributed by atoms with van der Waals surface area (Å²) in [7, 11) is 0. The van der Waals surface area contributed by atoms with E-state index in [4.69, 9.17) is 4.74 Å². The van der Waals surface area contributed by atoms with E-state index in [2.05, 4.69) is 55.3 Å². The first kappa shape index (κ1) is 16.3.